The number of carboxylic acid groups (broad SMARTS) is 1. The first-order valence-corrected chi connectivity index (χ1v) is 13.3. The molecule has 0 amide bonds. The number of aryl methyl sites for hydroxylation is 1. The highest BCUT2D eigenvalue weighted by Gasteiger charge is 2.33. The molecule has 0 saturated carbocycles. The van der Waals surface area contributed by atoms with Gasteiger partial charge in [-0.25, -0.2) is 9.78 Å². The van der Waals surface area contributed by atoms with Crippen molar-refractivity contribution in [2.24, 2.45) is 0 Å². The topological polar surface area (TPSA) is 84.8 Å². The SMILES string of the molecule is Cc1cc2nc(N3CCCC3)ccc2c(-c2ccc3c4c(ccnc24)CCO3)c1C(OC(C)(C)C)C(=O)O. The van der Waals surface area contributed by atoms with E-state index in [9.17, 15) is 9.90 Å². The predicted molar refractivity (Wildman–Crippen MR) is 149 cm³/mol. The number of hydrogen-bond donors (Lipinski definition) is 1. The summed E-state index contributed by atoms with van der Waals surface area (Å²) in [7, 11) is 0. The van der Waals surface area contributed by atoms with E-state index in [1.54, 1.807) is 0 Å². The molecule has 1 saturated heterocycles. The van der Waals surface area contributed by atoms with Gasteiger partial charge in [0.15, 0.2) is 6.10 Å². The van der Waals surface area contributed by atoms with Crippen LogP contribution in [0.3, 0.4) is 0 Å². The van der Waals surface area contributed by atoms with Crippen LogP contribution in [-0.2, 0) is 16.0 Å². The first-order valence-electron chi connectivity index (χ1n) is 13.3. The zero-order valence-electron chi connectivity index (χ0n) is 22.4. The van der Waals surface area contributed by atoms with Gasteiger partial charge in [-0.15, -0.1) is 0 Å². The quantitative estimate of drug-likeness (QED) is 0.340. The Balaban J connectivity index is 1.68. The van der Waals surface area contributed by atoms with Crippen molar-refractivity contribution in [3.05, 3.63) is 59.3 Å². The molecule has 2 aliphatic heterocycles. The molecule has 38 heavy (non-hydrogen) atoms. The summed E-state index contributed by atoms with van der Waals surface area (Å²) < 4.78 is 12.2. The zero-order valence-corrected chi connectivity index (χ0v) is 22.4. The predicted octanol–water partition coefficient (Wildman–Crippen LogP) is 6.23. The normalized spacial score (nSPS) is 16.2. The average molecular weight is 512 g/mol. The van der Waals surface area contributed by atoms with Crippen LogP contribution in [0.1, 0.15) is 56.4 Å². The number of anilines is 1. The summed E-state index contributed by atoms with van der Waals surface area (Å²) in [6.07, 6.45) is 3.82. The molecule has 7 heteroatoms. The largest absolute Gasteiger partial charge is 0.493 e. The maximum absolute atomic E-state index is 12.7. The number of ether oxygens (including phenoxy) is 2. The van der Waals surface area contributed by atoms with E-state index < -0.39 is 17.7 Å². The van der Waals surface area contributed by atoms with Crippen LogP contribution in [0.5, 0.6) is 5.75 Å². The molecule has 2 aliphatic rings. The van der Waals surface area contributed by atoms with Gasteiger partial charge >= 0.3 is 5.97 Å². The lowest BCUT2D eigenvalue weighted by Crippen LogP contribution is -2.28. The zero-order chi connectivity index (χ0) is 26.6. The summed E-state index contributed by atoms with van der Waals surface area (Å²) >= 11 is 0. The van der Waals surface area contributed by atoms with E-state index in [4.69, 9.17) is 19.4 Å². The fraction of sp³-hybridized carbons (Fsp3) is 0.387. The molecule has 6 rings (SSSR count). The van der Waals surface area contributed by atoms with Crippen LogP contribution in [0.25, 0.3) is 32.9 Å². The Kier molecular flexibility index (Phi) is 5.99. The Morgan fingerprint density at radius 1 is 1.13 bits per heavy atom. The van der Waals surface area contributed by atoms with Gasteiger partial charge in [-0.2, -0.15) is 0 Å². The summed E-state index contributed by atoms with van der Waals surface area (Å²) in [5.74, 6) is 0.744. The van der Waals surface area contributed by atoms with Crippen molar-refractivity contribution >= 4 is 33.6 Å². The Hall–Kier alpha value is -3.71. The van der Waals surface area contributed by atoms with Crippen molar-refractivity contribution in [1.82, 2.24) is 9.97 Å². The molecular weight excluding hydrogens is 478 g/mol. The molecule has 4 heterocycles. The minimum absolute atomic E-state index is 0.633. The Morgan fingerprint density at radius 3 is 2.66 bits per heavy atom. The second kappa shape index (κ2) is 9.24. The maximum atomic E-state index is 12.7. The van der Waals surface area contributed by atoms with E-state index in [0.29, 0.717) is 12.2 Å². The number of fused-ring (bicyclic) bond motifs is 1. The lowest BCUT2D eigenvalue weighted by Gasteiger charge is -2.29. The van der Waals surface area contributed by atoms with Crippen molar-refractivity contribution in [2.75, 3.05) is 24.6 Å². The number of carboxylic acids is 1. The van der Waals surface area contributed by atoms with Gasteiger partial charge < -0.3 is 19.5 Å². The molecule has 2 aromatic heterocycles. The molecule has 0 aliphatic carbocycles. The van der Waals surface area contributed by atoms with Crippen LogP contribution in [0.4, 0.5) is 5.82 Å². The van der Waals surface area contributed by atoms with Gasteiger partial charge in [0.2, 0.25) is 0 Å². The van der Waals surface area contributed by atoms with Gasteiger partial charge in [0, 0.05) is 47.6 Å². The first kappa shape index (κ1) is 24.6. The Bertz CT molecular complexity index is 1560. The van der Waals surface area contributed by atoms with Crippen LogP contribution >= 0.6 is 0 Å². The molecular formula is C31H33N3O4. The molecule has 7 nitrogen and oxygen atoms in total. The second-order valence-corrected chi connectivity index (χ2v) is 11.3. The summed E-state index contributed by atoms with van der Waals surface area (Å²) in [6.45, 7) is 10.2. The Labute approximate surface area is 222 Å². The highest BCUT2D eigenvalue weighted by atomic mass is 16.5. The lowest BCUT2D eigenvalue weighted by molar-refractivity contribution is -0.160. The third-order valence-corrected chi connectivity index (χ3v) is 7.45. The highest BCUT2D eigenvalue weighted by molar-refractivity contribution is 6.08. The van der Waals surface area contributed by atoms with Gasteiger partial charge in [-0.1, -0.05) is 0 Å². The van der Waals surface area contributed by atoms with Gasteiger partial charge in [0.1, 0.15) is 11.6 Å². The molecule has 0 radical (unpaired) electrons. The van der Waals surface area contributed by atoms with E-state index in [0.717, 1.165) is 69.6 Å². The second-order valence-electron chi connectivity index (χ2n) is 11.3. The molecule has 1 atom stereocenters. The summed E-state index contributed by atoms with van der Waals surface area (Å²) in [6, 6.07) is 12.2. The van der Waals surface area contributed by atoms with Crippen molar-refractivity contribution < 1.29 is 19.4 Å². The van der Waals surface area contributed by atoms with E-state index in [1.807, 2.05) is 58.2 Å². The van der Waals surface area contributed by atoms with Gasteiger partial charge in [0.05, 0.1) is 23.2 Å². The number of aliphatic carboxylic acids is 1. The molecule has 0 bridgehead atoms. The standard InChI is InChI=1S/C31H33N3O4/c1-18-17-22-20(8-10-24(33-22)34-14-5-6-15-34)27(25(18)29(30(35)36)38-31(2,3)4)21-7-9-23-26-19(12-16-37-23)11-13-32-28(21)26/h7-11,13,17,29H,5-6,12,14-16H2,1-4H3,(H,35,36). The number of rotatable bonds is 5. The maximum Gasteiger partial charge on any atom is 0.337 e. The van der Waals surface area contributed by atoms with Gasteiger partial charge in [-0.3, -0.25) is 4.98 Å². The van der Waals surface area contributed by atoms with Crippen molar-refractivity contribution in [3.8, 4) is 16.9 Å². The van der Waals surface area contributed by atoms with Crippen LogP contribution in [0.2, 0.25) is 0 Å². The van der Waals surface area contributed by atoms with E-state index >= 15 is 0 Å². The Morgan fingerprint density at radius 2 is 1.92 bits per heavy atom. The van der Waals surface area contributed by atoms with Crippen LogP contribution < -0.4 is 9.64 Å². The van der Waals surface area contributed by atoms with Gasteiger partial charge in [0.25, 0.3) is 0 Å². The van der Waals surface area contributed by atoms with E-state index in [1.165, 1.54) is 18.4 Å². The van der Waals surface area contributed by atoms with Gasteiger partial charge in [-0.05, 0) is 93.6 Å². The summed E-state index contributed by atoms with van der Waals surface area (Å²) in [4.78, 5) is 24.9. The molecule has 2 aromatic carbocycles. The first-order chi connectivity index (χ1) is 18.2. The molecule has 1 fully saturated rings. The minimum atomic E-state index is -1.16. The number of carbonyl (C=O) groups is 1. The number of benzene rings is 2. The molecule has 196 valence electrons. The number of hydrogen-bond acceptors (Lipinski definition) is 6. The highest BCUT2D eigenvalue weighted by Crippen LogP contribution is 2.45. The summed E-state index contributed by atoms with van der Waals surface area (Å²) in [5, 5.41) is 12.3. The van der Waals surface area contributed by atoms with Crippen LogP contribution in [-0.4, -0.2) is 46.3 Å². The fourth-order valence-electron chi connectivity index (χ4n) is 5.85. The smallest absolute Gasteiger partial charge is 0.337 e. The summed E-state index contributed by atoms with van der Waals surface area (Å²) in [5.41, 5.74) is 5.29. The van der Waals surface area contributed by atoms with E-state index in [-0.39, 0.29) is 0 Å². The molecule has 4 aromatic rings. The number of pyridine rings is 2. The third-order valence-electron chi connectivity index (χ3n) is 7.45. The lowest BCUT2D eigenvalue weighted by atomic mass is 9.86. The number of nitrogens with zero attached hydrogens (tertiary/aromatic N) is 3. The monoisotopic (exact) mass is 511 g/mol. The van der Waals surface area contributed by atoms with E-state index in [2.05, 4.69) is 17.0 Å². The van der Waals surface area contributed by atoms with Crippen molar-refractivity contribution in [3.63, 3.8) is 0 Å². The van der Waals surface area contributed by atoms with Crippen LogP contribution in [0, 0.1) is 6.92 Å². The van der Waals surface area contributed by atoms with Crippen molar-refractivity contribution in [2.45, 2.75) is 58.7 Å². The average Bonchev–Trinajstić information content (AvgIpc) is 3.42. The molecule has 1 N–H and O–H groups in total. The van der Waals surface area contributed by atoms with Crippen LogP contribution in [0.15, 0.2) is 42.6 Å². The van der Waals surface area contributed by atoms with Crippen molar-refractivity contribution in [1.29, 1.82) is 0 Å². The molecule has 1 unspecified atom stereocenters. The third kappa shape index (κ3) is 4.25. The molecule has 0 spiro atoms. The minimum Gasteiger partial charge on any atom is -0.493 e. The number of aromatic nitrogens is 2. The fourth-order valence-corrected chi connectivity index (χ4v) is 5.85.